The Labute approximate surface area is 119 Å². The van der Waals surface area contributed by atoms with Crippen LogP contribution in [0.4, 0.5) is 0 Å². The molecule has 1 unspecified atom stereocenters. The second kappa shape index (κ2) is 9.34. The fourth-order valence-corrected chi connectivity index (χ4v) is 1.60. The molecule has 0 aliphatic carbocycles. The van der Waals surface area contributed by atoms with Gasteiger partial charge in [-0.25, -0.2) is 4.79 Å². The quantitative estimate of drug-likeness (QED) is 0.701. The number of para-hydroxylation sites is 1. The van der Waals surface area contributed by atoms with Crippen molar-refractivity contribution in [3.8, 4) is 5.75 Å². The first-order valence-corrected chi connectivity index (χ1v) is 6.82. The summed E-state index contributed by atoms with van der Waals surface area (Å²) in [4.78, 5) is 11.5. The lowest BCUT2D eigenvalue weighted by molar-refractivity contribution is -0.160. The molecular formula is C15H22O5. The number of aliphatic hydroxyl groups is 1. The van der Waals surface area contributed by atoms with Gasteiger partial charge in [0.15, 0.2) is 6.10 Å². The molecule has 0 fully saturated rings. The first kappa shape index (κ1) is 16.5. The van der Waals surface area contributed by atoms with Crippen molar-refractivity contribution >= 4 is 5.97 Å². The summed E-state index contributed by atoms with van der Waals surface area (Å²) in [6.45, 7) is 4.40. The van der Waals surface area contributed by atoms with Gasteiger partial charge in [0, 0.05) is 5.56 Å². The molecule has 1 aromatic carbocycles. The summed E-state index contributed by atoms with van der Waals surface area (Å²) in [6.07, 6.45) is -0.0498. The molecule has 1 rings (SSSR count). The molecule has 112 valence electrons. The zero-order valence-electron chi connectivity index (χ0n) is 12.0. The lowest BCUT2D eigenvalue weighted by Crippen LogP contribution is -2.30. The molecule has 0 spiro atoms. The van der Waals surface area contributed by atoms with E-state index < -0.39 is 18.7 Å². The lowest BCUT2D eigenvalue weighted by atomic mass is 10.2. The minimum absolute atomic E-state index is 0.184. The minimum Gasteiger partial charge on any atom is -0.493 e. The Hall–Kier alpha value is -1.59. The topological polar surface area (TPSA) is 65.0 Å². The molecule has 0 amide bonds. The highest BCUT2D eigenvalue weighted by molar-refractivity contribution is 5.74. The van der Waals surface area contributed by atoms with E-state index in [0.29, 0.717) is 6.61 Å². The molecule has 20 heavy (non-hydrogen) atoms. The van der Waals surface area contributed by atoms with E-state index in [1.807, 2.05) is 31.2 Å². The Kier molecular flexibility index (Phi) is 7.69. The molecule has 0 aliphatic heterocycles. The predicted octanol–water partition coefficient (Wildman–Crippen LogP) is 1.92. The van der Waals surface area contributed by atoms with E-state index >= 15 is 0 Å². The van der Waals surface area contributed by atoms with Crippen LogP contribution in [0.25, 0.3) is 0 Å². The zero-order valence-corrected chi connectivity index (χ0v) is 12.0. The SMILES string of the molecule is CCCOc1ccccc1COC(CO)C(=O)OCC. The largest absolute Gasteiger partial charge is 0.493 e. The van der Waals surface area contributed by atoms with Crippen molar-refractivity contribution in [1.29, 1.82) is 0 Å². The van der Waals surface area contributed by atoms with Crippen LogP contribution >= 0.6 is 0 Å². The molecule has 1 N–H and O–H groups in total. The molecule has 0 bridgehead atoms. The van der Waals surface area contributed by atoms with Crippen molar-refractivity contribution in [2.45, 2.75) is 33.0 Å². The van der Waals surface area contributed by atoms with E-state index in [1.54, 1.807) is 6.92 Å². The first-order chi connectivity index (χ1) is 9.72. The molecule has 0 aliphatic rings. The van der Waals surface area contributed by atoms with Crippen LogP contribution in [0.3, 0.4) is 0 Å². The van der Waals surface area contributed by atoms with Gasteiger partial charge in [0.1, 0.15) is 5.75 Å². The Morgan fingerprint density at radius 3 is 2.70 bits per heavy atom. The normalized spacial score (nSPS) is 11.9. The Bertz CT molecular complexity index is 405. The number of rotatable bonds is 9. The van der Waals surface area contributed by atoms with Gasteiger partial charge < -0.3 is 19.3 Å². The molecule has 0 saturated carbocycles. The summed E-state index contributed by atoms with van der Waals surface area (Å²) in [5.74, 6) is 0.178. The van der Waals surface area contributed by atoms with E-state index in [-0.39, 0.29) is 13.2 Å². The van der Waals surface area contributed by atoms with Crippen LogP contribution in [0, 0.1) is 0 Å². The average molecular weight is 282 g/mol. The summed E-state index contributed by atoms with van der Waals surface area (Å²) in [5, 5.41) is 9.15. The second-order valence-corrected chi connectivity index (χ2v) is 4.19. The number of benzene rings is 1. The van der Waals surface area contributed by atoms with Crippen molar-refractivity contribution in [2.24, 2.45) is 0 Å². The van der Waals surface area contributed by atoms with Gasteiger partial charge in [0.05, 0.1) is 26.4 Å². The van der Waals surface area contributed by atoms with E-state index in [0.717, 1.165) is 17.7 Å². The third kappa shape index (κ3) is 5.19. The van der Waals surface area contributed by atoms with Crippen molar-refractivity contribution in [3.05, 3.63) is 29.8 Å². The smallest absolute Gasteiger partial charge is 0.337 e. The van der Waals surface area contributed by atoms with Gasteiger partial charge in [-0.3, -0.25) is 0 Å². The van der Waals surface area contributed by atoms with Crippen molar-refractivity contribution in [3.63, 3.8) is 0 Å². The summed E-state index contributed by atoms with van der Waals surface area (Å²) >= 11 is 0. The molecule has 0 heterocycles. The van der Waals surface area contributed by atoms with Crippen LogP contribution in [-0.2, 0) is 20.9 Å². The molecule has 1 aromatic rings. The van der Waals surface area contributed by atoms with Gasteiger partial charge in [0.25, 0.3) is 0 Å². The monoisotopic (exact) mass is 282 g/mol. The number of carbonyl (C=O) groups excluding carboxylic acids is 1. The standard InChI is InChI=1S/C15H22O5/c1-3-9-19-13-8-6-5-7-12(13)11-20-14(10-16)15(17)18-4-2/h5-8,14,16H,3-4,9-11H2,1-2H3. The maximum atomic E-state index is 11.5. The van der Waals surface area contributed by atoms with Crippen molar-refractivity contribution < 1.29 is 24.1 Å². The van der Waals surface area contributed by atoms with E-state index in [1.165, 1.54) is 0 Å². The van der Waals surface area contributed by atoms with Crippen LogP contribution in [0.15, 0.2) is 24.3 Å². The van der Waals surface area contributed by atoms with Crippen LogP contribution in [-0.4, -0.2) is 37.0 Å². The van der Waals surface area contributed by atoms with Crippen LogP contribution < -0.4 is 4.74 Å². The van der Waals surface area contributed by atoms with Gasteiger partial charge in [-0.2, -0.15) is 0 Å². The summed E-state index contributed by atoms with van der Waals surface area (Å²) in [7, 11) is 0. The maximum absolute atomic E-state index is 11.5. The molecule has 0 saturated heterocycles. The molecule has 1 atom stereocenters. The molecule has 5 heteroatoms. The van der Waals surface area contributed by atoms with Gasteiger partial charge in [0.2, 0.25) is 0 Å². The fraction of sp³-hybridized carbons (Fsp3) is 0.533. The van der Waals surface area contributed by atoms with Gasteiger partial charge in [-0.15, -0.1) is 0 Å². The third-order valence-corrected chi connectivity index (χ3v) is 2.59. The highest BCUT2D eigenvalue weighted by atomic mass is 16.6. The lowest BCUT2D eigenvalue weighted by Gasteiger charge is -2.16. The predicted molar refractivity (Wildman–Crippen MR) is 74.5 cm³/mol. The summed E-state index contributed by atoms with van der Waals surface area (Å²) < 4.78 is 15.8. The number of ether oxygens (including phenoxy) is 3. The highest BCUT2D eigenvalue weighted by Crippen LogP contribution is 2.19. The highest BCUT2D eigenvalue weighted by Gasteiger charge is 2.20. The van der Waals surface area contributed by atoms with Crippen molar-refractivity contribution in [2.75, 3.05) is 19.8 Å². The zero-order chi connectivity index (χ0) is 14.8. The molecule has 0 aromatic heterocycles. The van der Waals surface area contributed by atoms with Gasteiger partial charge in [-0.05, 0) is 19.4 Å². The third-order valence-electron chi connectivity index (χ3n) is 2.59. The molecule has 5 nitrogen and oxygen atoms in total. The van der Waals surface area contributed by atoms with Crippen LogP contribution in [0.2, 0.25) is 0 Å². The number of aliphatic hydroxyl groups excluding tert-OH is 1. The minimum atomic E-state index is -0.964. The molecular weight excluding hydrogens is 260 g/mol. The fourth-order valence-electron chi connectivity index (χ4n) is 1.60. The number of carbonyl (C=O) groups is 1. The summed E-state index contributed by atoms with van der Waals surface area (Å²) in [5.41, 5.74) is 0.837. The van der Waals surface area contributed by atoms with Crippen molar-refractivity contribution in [1.82, 2.24) is 0 Å². The van der Waals surface area contributed by atoms with Gasteiger partial charge >= 0.3 is 5.97 Å². The molecule has 0 radical (unpaired) electrons. The van der Waals surface area contributed by atoms with Crippen LogP contribution in [0.5, 0.6) is 5.75 Å². The van der Waals surface area contributed by atoms with Crippen LogP contribution in [0.1, 0.15) is 25.8 Å². The number of esters is 1. The van der Waals surface area contributed by atoms with E-state index in [9.17, 15) is 4.79 Å². The van der Waals surface area contributed by atoms with E-state index in [2.05, 4.69) is 0 Å². The summed E-state index contributed by atoms with van der Waals surface area (Å²) in [6, 6.07) is 7.47. The number of hydrogen-bond donors (Lipinski definition) is 1. The Morgan fingerprint density at radius 1 is 1.30 bits per heavy atom. The number of hydrogen-bond acceptors (Lipinski definition) is 5. The second-order valence-electron chi connectivity index (χ2n) is 4.19. The Morgan fingerprint density at radius 2 is 2.05 bits per heavy atom. The van der Waals surface area contributed by atoms with E-state index in [4.69, 9.17) is 19.3 Å². The maximum Gasteiger partial charge on any atom is 0.337 e. The van der Waals surface area contributed by atoms with Gasteiger partial charge in [-0.1, -0.05) is 25.1 Å². The first-order valence-electron chi connectivity index (χ1n) is 6.82. The average Bonchev–Trinajstić information content (AvgIpc) is 2.47. The Balaban J connectivity index is 2.61.